The molecule has 7 nitrogen and oxygen atoms in total. The molecule has 2 aromatic rings. The fourth-order valence-corrected chi connectivity index (χ4v) is 5.25. The Hall–Kier alpha value is -2.29. The largest absolute Gasteiger partial charge is 0.352 e. The molecule has 10 heteroatoms. The summed E-state index contributed by atoms with van der Waals surface area (Å²) < 4.78 is 26.1. The molecule has 0 aliphatic carbocycles. The van der Waals surface area contributed by atoms with E-state index >= 15 is 0 Å². The number of hydrogen-bond acceptors (Lipinski definition) is 4. The zero-order valence-corrected chi connectivity index (χ0v) is 23.8. The minimum atomic E-state index is -3.67. The third-order valence-corrected chi connectivity index (χ3v) is 7.35. The number of carbonyl (C=O) groups is 2. The number of rotatable bonds is 12. The number of hydrogen-bond donors (Lipinski definition) is 1. The third-order valence-electron chi connectivity index (χ3n) is 5.62. The number of amides is 2. The number of sulfonamides is 1. The van der Waals surface area contributed by atoms with Crippen LogP contribution in [0.25, 0.3) is 0 Å². The molecule has 0 aliphatic heterocycles. The predicted molar refractivity (Wildman–Crippen MR) is 147 cm³/mol. The summed E-state index contributed by atoms with van der Waals surface area (Å²) in [4.78, 5) is 27.9. The Balaban J connectivity index is 2.24. The van der Waals surface area contributed by atoms with Crippen LogP contribution in [0.4, 0.5) is 5.69 Å². The zero-order valence-electron chi connectivity index (χ0n) is 21.4. The lowest BCUT2D eigenvalue weighted by Gasteiger charge is -2.31. The number of aryl methyl sites for hydroxylation is 1. The van der Waals surface area contributed by atoms with Gasteiger partial charge in [-0.25, -0.2) is 8.42 Å². The molecule has 0 unspecified atom stereocenters. The summed E-state index contributed by atoms with van der Waals surface area (Å²) in [6, 6.07) is 11.7. The molecule has 0 saturated carbocycles. The zero-order chi connectivity index (χ0) is 27.0. The summed E-state index contributed by atoms with van der Waals surface area (Å²) in [6.07, 6.45) is 1.83. The van der Waals surface area contributed by atoms with Gasteiger partial charge in [0.25, 0.3) is 0 Å². The maximum absolute atomic E-state index is 13.4. The van der Waals surface area contributed by atoms with Gasteiger partial charge in [0, 0.05) is 30.6 Å². The highest BCUT2D eigenvalue weighted by atomic mass is 35.5. The Morgan fingerprint density at radius 3 is 2.25 bits per heavy atom. The highest BCUT2D eigenvalue weighted by Gasteiger charge is 2.29. The standard InChI is InChI=1S/C26H35Cl2N3O4S/c1-6-23(26(33)29-18(2)3)30(17-20-11-9-19(4)10-12-20)25(32)8-7-15-31(36(5,34)35)24-16-21(27)13-14-22(24)28/h9-14,16,18,23H,6-8,15,17H2,1-5H3,(H,29,33)/t23-/m0/s1. The number of anilines is 1. The van der Waals surface area contributed by atoms with E-state index in [1.54, 1.807) is 11.0 Å². The van der Waals surface area contributed by atoms with Gasteiger partial charge < -0.3 is 10.2 Å². The maximum Gasteiger partial charge on any atom is 0.243 e. The second-order valence-electron chi connectivity index (χ2n) is 9.13. The van der Waals surface area contributed by atoms with Crippen LogP contribution in [0.2, 0.25) is 10.0 Å². The van der Waals surface area contributed by atoms with Gasteiger partial charge in [0.1, 0.15) is 6.04 Å². The van der Waals surface area contributed by atoms with E-state index in [0.29, 0.717) is 11.4 Å². The van der Waals surface area contributed by atoms with Crippen LogP contribution in [-0.4, -0.2) is 50.0 Å². The molecule has 0 fully saturated rings. The van der Waals surface area contributed by atoms with E-state index in [2.05, 4.69) is 5.32 Å². The van der Waals surface area contributed by atoms with Crippen molar-refractivity contribution in [1.29, 1.82) is 0 Å². The number of benzene rings is 2. The van der Waals surface area contributed by atoms with Gasteiger partial charge in [0.2, 0.25) is 21.8 Å². The van der Waals surface area contributed by atoms with Crippen molar-refractivity contribution in [2.45, 2.75) is 65.6 Å². The summed E-state index contributed by atoms with van der Waals surface area (Å²) in [5, 5.41) is 3.50. The summed E-state index contributed by atoms with van der Waals surface area (Å²) >= 11 is 12.3. The highest BCUT2D eigenvalue weighted by Crippen LogP contribution is 2.31. The van der Waals surface area contributed by atoms with Crippen LogP contribution in [0.1, 0.15) is 51.2 Å². The first kappa shape index (κ1) is 29.9. The van der Waals surface area contributed by atoms with E-state index in [4.69, 9.17) is 23.2 Å². The Kier molecular flexibility index (Phi) is 11.1. The lowest BCUT2D eigenvalue weighted by molar-refractivity contribution is -0.141. The molecule has 0 aromatic heterocycles. The molecular formula is C26H35Cl2N3O4S. The number of carbonyl (C=O) groups excluding carboxylic acids is 2. The maximum atomic E-state index is 13.4. The van der Waals surface area contributed by atoms with Crippen LogP contribution < -0.4 is 9.62 Å². The molecule has 0 aliphatic rings. The van der Waals surface area contributed by atoms with Gasteiger partial charge in [0.15, 0.2) is 0 Å². The van der Waals surface area contributed by atoms with Crippen molar-refractivity contribution in [3.8, 4) is 0 Å². The molecule has 2 aromatic carbocycles. The average molecular weight is 557 g/mol. The van der Waals surface area contributed by atoms with Crippen molar-refractivity contribution in [3.63, 3.8) is 0 Å². The Morgan fingerprint density at radius 1 is 1.06 bits per heavy atom. The topological polar surface area (TPSA) is 86.8 Å². The Labute approximate surface area is 224 Å². The first-order chi connectivity index (χ1) is 16.8. The molecule has 2 rings (SSSR count). The smallest absolute Gasteiger partial charge is 0.243 e. The molecule has 0 heterocycles. The van der Waals surface area contributed by atoms with Gasteiger partial charge in [-0.15, -0.1) is 0 Å². The SMILES string of the molecule is CC[C@@H](C(=O)NC(C)C)N(Cc1ccc(C)cc1)C(=O)CCCN(c1cc(Cl)ccc1Cl)S(C)(=O)=O. The Bertz CT molecular complexity index is 1150. The molecular weight excluding hydrogens is 521 g/mol. The lowest BCUT2D eigenvalue weighted by Crippen LogP contribution is -2.50. The van der Waals surface area contributed by atoms with Gasteiger partial charge in [-0.2, -0.15) is 0 Å². The van der Waals surface area contributed by atoms with Gasteiger partial charge in [-0.05, 0) is 57.4 Å². The molecule has 0 saturated heterocycles. The molecule has 1 atom stereocenters. The fraction of sp³-hybridized carbons (Fsp3) is 0.462. The first-order valence-corrected chi connectivity index (χ1v) is 14.5. The van der Waals surface area contributed by atoms with Crippen molar-refractivity contribution in [2.75, 3.05) is 17.1 Å². The van der Waals surface area contributed by atoms with Crippen LogP contribution in [-0.2, 0) is 26.2 Å². The number of nitrogens with zero attached hydrogens (tertiary/aromatic N) is 2. The third kappa shape index (κ3) is 8.68. The number of nitrogens with one attached hydrogen (secondary N) is 1. The second-order valence-corrected chi connectivity index (χ2v) is 11.9. The van der Waals surface area contributed by atoms with E-state index in [1.807, 2.05) is 52.0 Å². The van der Waals surface area contributed by atoms with E-state index in [0.717, 1.165) is 21.7 Å². The predicted octanol–water partition coefficient (Wildman–Crippen LogP) is 5.18. The molecule has 1 N–H and O–H groups in total. The lowest BCUT2D eigenvalue weighted by atomic mass is 10.1. The fourth-order valence-electron chi connectivity index (χ4n) is 3.85. The Morgan fingerprint density at radius 2 is 1.69 bits per heavy atom. The van der Waals surface area contributed by atoms with Crippen LogP contribution in [0.5, 0.6) is 0 Å². The average Bonchev–Trinajstić information content (AvgIpc) is 2.78. The van der Waals surface area contributed by atoms with Crippen molar-refractivity contribution >= 4 is 50.7 Å². The van der Waals surface area contributed by atoms with E-state index in [9.17, 15) is 18.0 Å². The van der Waals surface area contributed by atoms with Gasteiger partial charge >= 0.3 is 0 Å². The van der Waals surface area contributed by atoms with E-state index < -0.39 is 16.1 Å². The highest BCUT2D eigenvalue weighted by molar-refractivity contribution is 7.92. The van der Waals surface area contributed by atoms with Gasteiger partial charge in [-0.3, -0.25) is 13.9 Å². The molecule has 2 amide bonds. The van der Waals surface area contributed by atoms with Gasteiger partial charge in [0.05, 0.1) is 17.0 Å². The second kappa shape index (κ2) is 13.3. The minimum Gasteiger partial charge on any atom is -0.352 e. The summed E-state index contributed by atoms with van der Waals surface area (Å²) in [5.41, 5.74) is 2.27. The van der Waals surface area contributed by atoms with Crippen molar-refractivity contribution in [3.05, 3.63) is 63.6 Å². The summed E-state index contributed by atoms with van der Waals surface area (Å²) in [6.45, 7) is 7.91. The molecule has 0 radical (unpaired) electrons. The van der Waals surface area contributed by atoms with E-state index in [-0.39, 0.29) is 54.5 Å². The monoisotopic (exact) mass is 555 g/mol. The molecule has 0 spiro atoms. The van der Waals surface area contributed by atoms with Crippen molar-refractivity contribution in [2.24, 2.45) is 0 Å². The van der Waals surface area contributed by atoms with Crippen molar-refractivity contribution in [1.82, 2.24) is 10.2 Å². The van der Waals surface area contributed by atoms with E-state index in [1.165, 1.54) is 12.1 Å². The first-order valence-electron chi connectivity index (χ1n) is 11.9. The van der Waals surface area contributed by atoms with Crippen LogP contribution in [0, 0.1) is 6.92 Å². The van der Waals surface area contributed by atoms with Crippen LogP contribution >= 0.6 is 23.2 Å². The summed E-state index contributed by atoms with van der Waals surface area (Å²) in [5.74, 6) is -0.441. The quantitative estimate of drug-likeness (QED) is 0.391. The molecule has 198 valence electrons. The summed E-state index contributed by atoms with van der Waals surface area (Å²) in [7, 11) is -3.67. The van der Waals surface area contributed by atoms with Crippen molar-refractivity contribution < 1.29 is 18.0 Å². The van der Waals surface area contributed by atoms with Crippen LogP contribution in [0.3, 0.4) is 0 Å². The normalized spacial score (nSPS) is 12.3. The van der Waals surface area contributed by atoms with Crippen LogP contribution in [0.15, 0.2) is 42.5 Å². The number of halogens is 2. The minimum absolute atomic E-state index is 0.0397. The molecule has 0 bridgehead atoms. The molecule has 36 heavy (non-hydrogen) atoms. The van der Waals surface area contributed by atoms with Gasteiger partial charge in [-0.1, -0.05) is 60.0 Å².